The first kappa shape index (κ1) is 19.0. The molecule has 18 heavy (non-hydrogen) atoms. The van der Waals surface area contributed by atoms with Crippen LogP contribution in [0, 0.1) is 0 Å². The second kappa shape index (κ2) is 7.11. The quantitative estimate of drug-likeness (QED) is 0.692. The normalized spacial score (nSPS) is 14.3. The highest BCUT2D eigenvalue weighted by molar-refractivity contribution is 6.88. The van der Waals surface area contributed by atoms with Crippen LogP contribution in [0.25, 0.3) is 0 Å². The highest BCUT2D eigenvalue weighted by atomic mass is 28.4. The van der Waals surface area contributed by atoms with E-state index in [-0.39, 0.29) is 0 Å². The molecule has 1 N–H and O–H groups in total. The van der Waals surface area contributed by atoms with Gasteiger partial charge in [0.05, 0.1) is 0 Å². The summed E-state index contributed by atoms with van der Waals surface area (Å²) in [5.74, 6) is 0. The van der Waals surface area contributed by atoms with E-state index in [9.17, 15) is 4.80 Å². The van der Waals surface area contributed by atoms with E-state index in [0.29, 0.717) is 9.76 Å². The Bertz CT molecular complexity index is 247. The predicted molar refractivity (Wildman–Crippen MR) is 89.7 cm³/mol. The molecule has 0 atom stereocenters. The Hall–Kier alpha value is 0.964. The lowest BCUT2D eigenvalue weighted by Gasteiger charge is -2.29. The third-order valence-electron chi connectivity index (χ3n) is 2.01. The van der Waals surface area contributed by atoms with Gasteiger partial charge in [-0.2, -0.15) is 0 Å². The van der Waals surface area contributed by atoms with Gasteiger partial charge in [0.1, 0.15) is 0 Å². The van der Waals surface area contributed by atoms with E-state index in [1.165, 1.54) is 0 Å². The molecule has 107 valence electrons. The van der Waals surface area contributed by atoms with E-state index in [4.69, 9.17) is 8.23 Å². The maximum absolute atomic E-state index is 9.95. The van der Waals surface area contributed by atoms with Crippen LogP contribution in [-0.2, 0) is 8.23 Å². The van der Waals surface area contributed by atoms with Crippen LogP contribution in [0.3, 0.4) is 0 Å². The molecule has 0 rings (SSSR count). The molecule has 0 bridgehead atoms. The summed E-state index contributed by atoms with van der Waals surface area (Å²) >= 11 is 0. The monoisotopic (exact) mass is 337 g/mol. The Morgan fingerprint density at radius 2 is 1.56 bits per heavy atom. The molecule has 0 aromatic heterocycles. The first-order valence-corrected chi connectivity index (χ1v) is 19.4. The summed E-state index contributed by atoms with van der Waals surface area (Å²) in [5.41, 5.74) is 2.01. The molecule has 0 amide bonds. The lowest BCUT2D eigenvalue weighted by atomic mass is 11.8. The van der Waals surface area contributed by atoms with Crippen LogP contribution in [0.4, 0.5) is 0 Å². The van der Waals surface area contributed by atoms with Gasteiger partial charge in [-0.3, -0.25) is 0 Å². The van der Waals surface area contributed by atoms with Gasteiger partial charge in [0.25, 0.3) is 0 Å². The molecule has 0 unspecified atom stereocenters. The van der Waals surface area contributed by atoms with Gasteiger partial charge in [0.2, 0.25) is 9.76 Å². The number of rotatable bonds is 8. The lowest BCUT2D eigenvalue weighted by molar-refractivity contribution is 0.540. The van der Waals surface area contributed by atoms with Gasteiger partial charge in [-0.1, -0.05) is 0 Å². The van der Waals surface area contributed by atoms with Crippen molar-refractivity contribution >= 4 is 43.8 Å². The fourth-order valence-electron chi connectivity index (χ4n) is 1.58. The van der Waals surface area contributed by atoms with E-state index in [1.807, 2.05) is 13.1 Å². The van der Waals surface area contributed by atoms with E-state index < -0.39 is 34.0 Å². The van der Waals surface area contributed by atoms with Crippen molar-refractivity contribution in [3.8, 4) is 0 Å². The molecule has 0 saturated carbocycles. The molecule has 3 nitrogen and oxygen atoms in total. The minimum Gasteiger partial charge on any atom is -0.456 e. The van der Waals surface area contributed by atoms with E-state index in [0.717, 1.165) is 11.3 Å². The van der Waals surface area contributed by atoms with Gasteiger partial charge < -0.3 is 13.0 Å². The Balaban J connectivity index is 4.07. The van der Waals surface area contributed by atoms with Gasteiger partial charge in [0, 0.05) is 0 Å². The van der Waals surface area contributed by atoms with Crippen LogP contribution in [-0.4, -0.2) is 48.6 Å². The molecule has 0 aromatic carbocycles. The molecular weight excluding hydrogens is 309 g/mol. The summed E-state index contributed by atoms with van der Waals surface area (Å²) in [6.07, 6.45) is 0. The molecule has 0 saturated heterocycles. The maximum Gasteiger partial charge on any atom is 0.214 e. The third-order valence-corrected chi connectivity index (χ3v) is 18.1. The Morgan fingerprint density at radius 1 is 1.06 bits per heavy atom. The molecular formula is C10H29O3Si5. The summed E-state index contributed by atoms with van der Waals surface area (Å²) in [6, 6.07) is 0. The van der Waals surface area contributed by atoms with Gasteiger partial charge in [-0.05, 0) is 63.7 Å². The summed E-state index contributed by atoms with van der Waals surface area (Å²) < 4.78 is 12.2. The van der Waals surface area contributed by atoms with E-state index >= 15 is 0 Å². The summed E-state index contributed by atoms with van der Waals surface area (Å²) in [6.45, 7) is 17.4. The Kier molecular flexibility index (Phi) is 7.49. The van der Waals surface area contributed by atoms with Crippen LogP contribution in [0.2, 0.25) is 63.7 Å². The van der Waals surface area contributed by atoms with Crippen molar-refractivity contribution in [2.45, 2.75) is 63.7 Å². The van der Waals surface area contributed by atoms with Crippen LogP contribution in [0.1, 0.15) is 0 Å². The Morgan fingerprint density at radius 3 is 1.94 bits per heavy atom. The maximum atomic E-state index is 9.95. The SMILES string of the molecule is C[Si](C[Si](C)(C)O)O[Si](C)(C)C[Si]O[Si](C)(C)C. The molecule has 0 aliphatic rings. The number of hydrogen-bond donors (Lipinski definition) is 1. The van der Waals surface area contributed by atoms with Gasteiger partial charge >= 0.3 is 0 Å². The van der Waals surface area contributed by atoms with Crippen LogP contribution >= 0.6 is 0 Å². The van der Waals surface area contributed by atoms with Gasteiger partial charge in [-0.25, -0.2) is 0 Å². The average molecular weight is 338 g/mol. The average Bonchev–Trinajstić information content (AvgIpc) is 1.93. The topological polar surface area (TPSA) is 38.7 Å². The molecule has 0 aliphatic heterocycles. The predicted octanol–water partition coefficient (Wildman–Crippen LogP) is 2.99. The molecule has 0 spiro atoms. The highest BCUT2D eigenvalue weighted by Gasteiger charge is 2.30. The Labute approximate surface area is 120 Å². The van der Waals surface area contributed by atoms with Crippen LogP contribution < -0.4 is 0 Å². The van der Waals surface area contributed by atoms with Crippen molar-refractivity contribution < 1.29 is 13.0 Å². The summed E-state index contributed by atoms with van der Waals surface area (Å²) in [4.78, 5) is 9.95. The molecule has 0 heterocycles. The first-order chi connectivity index (χ1) is 7.81. The van der Waals surface area contributed by atoms with Crippen LogP contribution in [0.15, 0.2) is 0 Å². The third kappa shape index (κ3) is 12.0. The van der Waals surface area contributed by atoms with Crippen molar-refractivity contribution in [1.29, 1.82) is 0 Å². The van der Waals surface area contributed by atoms with Gasteiger partial charge in [-0.15, -0.1) is 0 Å². The summed E-state index contributed by atoms with van der Waals surface area (Å²) in [7, 11) is -5.19. The molecule has 0 aromatic rings. The highest BCUT2D eigenvalue weighted by Crippen LogP contribution is 2.17. The number of hydrogen-bond acceptors (Lipinski definition) is 3. The molecule has 0 fully saturated rings. The smallest absolute Gasteiger partial charge is 0.214 e. The van der Waals surface area contributed by atoms with E-state index in [1.54, 1.807) is 0 Å². The van der Waals surface area contributed by atoms with Crippen molar-refractivity contribution in [2.75, 3.05) is 0 Å². The molecule has 8 heteroatoms. The lowest BCUT2D eigenvalue weighted by Crippen LogP contribution is -2.43. The summed E-state index contributed by atoms with van der Waals surface area (Å²) in [5, 5.41) is 0. The largest absolute Gasteiger partial charge is 0.456 e. The van der Waals surface area contributed by atoms with Crippen molar-refractivity contribution in [3.05, 3.63) is 0 Å². The van der Waals surface area contributed by atoms with Gasteiger partial charge in [0.15, 0.2) is 34.0 Å². The second-order valence-electron chi connectivity index (χ2n) is 7.09. The fraction of sp³-hybridized carbons (Fsp3) is 1.00. The standard InChI is InChI=1S/C10H29O3Si5/c1-15(10-17(5,6)11)13-18(7,8)9-14-12-16(2,3)4/h11H,9-10H2,1-8H3. The van der Waals surface area contributed by atoms with Crippen molar-refractivity contribution in [2.24, 2.45) is 0 Å². The fourth-order valence-corrected chi connectivity index (χ4v) is 16.2. The zero-order valence-electron chi connectivity index (χ0n) is 13.2. The zero-order chi connectivity index (χ0) is 14.6. The van der Waals surface area contributed by atoms with Crippen LogP contribution in [0.5, 0.6) is 0 Å². The molecule has 0 aliphatic carbocycles. The van der Waals surface area contributed by atoms with E-state index in [2.05, 4.69) is 39.3 Å². The van der Waals surface area contributed by atoms with Crippen molar-refractivity contribution in [1.82, 2.24) is 0 Å². The first-order valence-electron chi connectivity index (χ1n) is 6.45. The minimum absolute atomic E-state index is 0.586. The van der Waals surface area contributed by atoms with Crippen molar-refractivity contribution in [3.63, 3.8) is 0 Å². The minimum atomic E-state index is -1.96. The second-order valence-corrected chi connectivity index (χ2v) is 24.6. The molecule has 3 radical (unpaired) electrons. The zero-order valence-corrected chi connectivity index (χ0v) is 18.2.